The van der Waals surface area contributed by atoms with Gasteiger partial charge in [0.2, 0.25) is 0 Å². The zero-order chi connectivity index (χ0) is 19.7. The van der Waals surface area contributed by atoms with Crippen LogP contribution in [-0.2, 0) is 6.42 Å². The van der Waals surface area contributed by atoms with Crippen molar-refractivity contribution < 1.29 is 5.11 Å². The summed E-state index contributed by atoms with van der Waals surface area (Å²) < 4.78 is 0. The number of likely N-dealkylation sites (tertiary alicyclic amines) is 2. The molecule has 6 nitrogen and oxygen atoms in total. The standard InChI is InChI=1S/C21H30ClN5O/c1-21(28)8-11-27(18(14-21)12-15-2-4-16(22)5-3-15)17-6-9-26(10-7-17)20-13-19(23)24-25-20/h2-5,17-18,28H,6-14H2,1H3,(H2,23,24)/t18-,21?/m0/s1. The Labute approximate surface area is 172 Å². The van der Waals surface area contributed by atoms with Crippen molar-refractivity contribution in [2.45, 2.75) is 63.1 Å². The summed E-state index contributed by atoms with van der Waals surface area (Å²) in [5.41, 5.74) is 6.47. The molecule has 0 bridgehead atoms. The fourth-order valence-corrected chi connectivity index (χ4v) is 4.95. The maximum atomic E-state index is 10.7. The van der Waals surface area contributed by atoms with E-state index in [-0.39, 0.29) is 0 Å². The Bertz CT molecular complexity index is 753. The van der Waals surface area contributed by atoms with Crippen molar-refractivity contribution in [3.63, 3.8) is 0 Å². The Morgan fingerprint density at radius 3 is 2.54 bits per heavy atom. The van der Waals surface area contributed by atoms with E-state index in [4.69, 9.17) is 17.3 Å². The third-order valence-corrected chi connectivity index (χ3v) is 6.62. The molecule has 2 saturated heterocycles. The number of hydrogen-bond acceptors (Lipinski definition) is 6. The highest BCUT2D eigenvalue weighted by Crippen LogP contribution is 2.33. The third-order valence-electron chi connectivity index (χ3n) is 6.37. The number of benzene rings is 1. The number of rotatable bonds is 3. The number of nitrogens with zero attached hydrogens (tertiary/aromatic N) is 4. The van der Waals surface area contributed by atoms with Crippen molar-refractivity contribution in [1.82, 2.24) is 9.80 Å². The molecule has 0 aliphatic carbocycles. The summed E-state index contributed by atoms with van der Waals surface area (Å²) in [5, 5.41) is 19.7. The highest BCUT2D eigenvalue weighted by Gasteiger charge is 2.39. The first-order chi connectivity index (χ1) is 13.4. The van der Waals surface area contributed by atoms with Crippen molar-refractivity contribution in [3.8, 4) is 0 Å². The molecular formula is C21H30ClN5O. The Morgan fingerprint density at radius 2 is 1.89 bits per heavy atom. The summed E-state index contributed by atoms with van der Waals surface area (Å²) in [5.74, 6) is 1.62. The lowest BCUT2D eigenvalue weighted by Crippen LogP contribution is -2.56. The SMILES string of the molecule is CC1(O)CCN(C2CCN(C3=NN=C(N)C3)CC2)[C@@H](Cc2ccc(Cl)cc2)C1. The summed E-state index contributed by atoms with van der Waals surface area (Å²) in [7, 11) is 0. The molecule has 28 heavy (non-hydrogen) atoms. The fourth-order valence-electron chi connectivity index (χ4n) is 4.83. The average molecular weight is 404 g/mol. The molecule has 4 rings (SSSR count). The summed E-state index contributed by atoms with van der Waals surface area (Å²) >= 11 is 6.05. The van der Waals surface area contributed by atoms with E-state index >= 15 is 0 Å². The van der Waals surface area contributed by atoms with Gasteiger partial charge in [-0.2, -0.15) is 0 Å². The molecule has 3 heterocycles. The van der Waals surface area contributed by atoms with Crippen LogP contribution in [0.25, 0.3) is 0 Å². The molecule has 3 N–H and O–H groups in total. The molecule has 2 fully saturated rings. The van der Waals surface area contributed by atoms with E-state index in [0.717, 1.165) is 62.6 Å². The van der Waals surface area contributed by atoms with Gasteiger partial charge in [0.15, 0.2) is 0 Å². The Hall–Kier alpha value is -1.63. The average Bonchev–Trinajstić information content (AvgIpc) is 3.10. The summed E-state index contributed by atoms with van der Waals surface area (Å²) in [6, 6.07) is 9.02. The normalized spacial score (nSPS) is 29.7. The molecule has 0 aromatic heterocycles. The van der Waals surface area contributed by atoms with Gasteiger partial charge in [-0.25, -0.2) is 0 Å². The van der Waals surface area contributed by atoms with Crippen LogP contribution in [0.1, 0.15) is 44.6 Å². The van der Waals surface area contributed by atoms with Crippen molar-refractivity contribution in [3.05, 3.63) is 34.9 Å². The second-order valence-electron chi connectivity index (χ2n) is 8.68. The van der Waals surface area contributed by atoms with Gasteiger partial charge in [0.25, 0.3) is 0 Å². The fraction of sp³-hybridized carbons (Fsp3) is 0.619. The molecule has 152 valence electrons. The highest BCUT2D eigenvalue weighted by atomic mass is 35.5. The molecule has 0 amide bonds. The first-order valence-corrected chi connectivity index (χ1v) is 10.6. The van der Waals surface area contributed by atoms with Crippen LogP contribution in [0.4, 0.5) is 0 Å². The minimum atomic E-state index is -0.582. The molecule has 1 aromatic carbocycles. The van der Waals surface area contributed by atoms with Crippen LogP contribution < -0.4 is 5.73 Å². The predicted molar refractivity (Wildman–Crippen MR) is 114 cm³/mol. The lowest BCUT2D eigenvalue weighted by atomic mass is 9.83. The molecule has 0 radical (unpaired) electrons. The molecule has 3 aliphatic rings. The van der Waals surface area contributed by atoms with Gasteiger partial charge in [0.1, 0.15) is 11.7 Å². The third kappa shape index (κ3) is 4.50. The van der Waals surface area contributed by atoms with Gasteiger partial charge < -0.3 is 15.7 Å². The number of piperidine rings is 2. The van der Waals surface area contributed by atoms with Crippen LogP contribution in [0.3, 0.4) is 0 Å². The lowest BCUT2D eigenvalue weighted by molar-refractivity contribution is -0.0532. The monoisotopic (exact) mass is 403 g/mol. The molecule has 1 aromatic rings. The quantitative estimate of drug-likeness (QED) is 0.813. The molecule has 1 unspecified atom stereocenters. The van der Waals surface area contributed by atoms with E-state index in [1.807, 2.05) is 19.1 Å². The van der Waals surface area contributed by atoms with Crippen molar-refractivity contribution in [1.29, 1.82) is 0 Å². The van der Waals surface area contributed by atoms with E-state index in [0.29, 0.717) is 24.3 Å². The molecule has 0 spiro atoms. The second kappa shape index (κ2) is 8.01. The minimum Gasteiger partial charge on any atom is -0.390 e. The van der Waals surface area contributed by atoms with E-state index in [2.05, 4.69) is 32.1 Å². The predicted octanol–water partition coefficient (Wildman–Crippen LogP) is 2.64. The van der Waals surface area contributed by atoms with Crippen molar-refractivity contribution in [2.24, 2.45) is 15.9 Å². The number of amidine groups is 2. The number of aliphatic hydroxyl groups is 1. The Balaban J connectivity index is 1.41. The topological polar surface area (TPSA) is 77.5 Å². The van der Waals surface area contributed by atoms with Crippen molar-refractivity contribution in [2.75, 3.05) is 19.6 Å². The van der Waals surface area contributed by atoms with Crippen LogP contribution in [0.15, 0.2) is 34.5 Å². The van der Waals surface area contributed by atoms with Crippen LogP contribution >= 0.6 is 11.6 Å². The van der Waals surface area contributed by atoms with Gasteiger partial charge in [0.05, 0.1) is 12.0 Å². The molecule has 3 aliphatic heterocycles. The summed E-state index contributed by atoms with van der Waals surface area (Å²) in [4.78, 5) is 4.97. The van der Waals surface area contributed by atoms with Crippen LogP contribution in [0, 0.1) is 0 Å². The molecule has 0 saturated carbocycles. The largest absolute Gasteiger partial charge is 0.390 e. The first kappa shape index (κ1) is 19.7. The van der Waals surface area contributed by atoms with Gasteiger partial charge >= 0.3 is 0 Å². The Morgan fingerprint density at radius 1 is 1.18 bits per heavy atom. The zero-order valence-corrected chi connectivity index (χ0v) is 17.3. The Kier molecular flexibility index (Phi) is 5.63. The zero-order valence-electron chi connectivity index (χ0n) is 16.5. The van der Waals surface area contributed by atoms with E-state index in [9.17, 15) is 5.11 Å². The van der Waals surface area contributed by atoms with Gasteiger partial charge in [-0.3, -0.25) is 4.90 Å². The van der Waals surface area contributed by atoms with E-state index in [1.54, 1.807) is 0 Å². The molecular weight excluding hydrogens is 374 g/mol. The number of hydrogen-bond donors (Lipinski definition) is 2. The smallest absolute Gasteiger partial charge is 0.135 e. The number of halogens is 1. The van der Waals surface area contributed by atoms with E-state index < -0.39 is 5.60 Å². The van der Waals surface area contributed by atoms with Gasteiger partial charge in [0, 0.05) is 36.7 Å². The van der Waals surface area contributed by atoms with Crippen LogP contribution in [-0.4, -0.2) is 63.9 Å². The second-order valence-corrected chi connectivity index (χ2v) is 9.11. The lowest BCUT2D eigenvalue weighted by Gasteiger charge is -2.48. The maximum absolute atomic E-state index is 10.7. The van der Waals surface area contributed by atoms with Crippen molar-refractivity contribution >= 4 is 23.3 Å². The van der Waals surface area contributed by atoms with Crippen LogP contribution in [0.2, 0.25) is 5.02 Å². The number of nitrogens with two attached hydrogens (primary N) is 1. The van der Waals surface area contributed by atoms with E-state index in [1.165, 1.54) is 5.56 Å². The minimum absolute atomic E-state index is 0.351. The summed E-state index contributed by atoms with van der Waals surface area (Å²) in [6.45, 7) is 4.91. The molecule has 7 heteroatoms. The highest BCUT2D eigenvalue weighted by molar-refractivity contribution is 6.30. The first-order valence-electron chi connectivity index (χ1n) is 10.3. The maximum Gasteiger partial charge on any atom is 0.135 e. The molecule has 2 atom stereocenters. The summed E-state index contributed by atoms with van der Waals surface area (Å²) in [6.07, 6.45) is 5.49. The van der Waals surface area contributed by atoms with Gasteiger partial charge in [-0.05, 0) is 56.7 Å². The van der Waals surface area contributed by atoms with Gasteiger partial charge in [-0.15, -0.1) is 10.2 Å². The van der Waals surface area contributed by atoms with Gasteiger partial charge in [-0.1, -0.05) is 23.7 Å². The van der Waals surface area contributed by atoms with Crippen LogP contribution in [0.5, 0.6) is 0 Å².